The van der Waals surface area contributed by atoms with Gasteiger partial charge in [-0.25, -0.2) is 0 Å². The van der Waals surface area contributed by atoms with E-state index in [1.165, 1.54) is 0 Å². The Labute approximate surface area is 101 Å². The van der Waals surface area contributed by atoms with Gasteiger partial charge in [0.1, 0.15) is 0 Å². The van der Waals surface area contributed by atoms with E-state index in [1.54, 1.807) is 0 Å². The summed E-state index contributed by atoms with van der Waals surface area (Å²) in [6.45, 7) is 3.72. The first-order chi connectivity index (χ1) is 3.39. The second-order valence-corrected chi connectivity index (χ2v) is 1.49. The molecule has 37 valence electrons. The van der Waals surface area contributed by atoms with Crippen molar-refractivity contribution in [3.63, 3.8) is 0 Å². The van der Waals surface area contributed by atoms with E-state index in [1.807, 2.05) is 30.3 Å². The number of rotatable bonds is 0. The van der Waals surface area contributed by atoms with Gasteiger partial charge < -0.3 is 0 Å². The SMILES string of the molecule is [CH2-]c1ccccc1.[Na+].[Na]. The molecule has 0 fully saturated rings. The van der Waals surface area contributed by atoms with Crippen LogP contribution in [-0.4, -0.2) is 29.6 Å². The normalized spacial score (nSPS) is 6.67. The van der Waals surface area contributed by atoms with Crippen LogP contribution in [0.2, 0.25) is 0 Å². The Bertz CT molecular complexity index is 137. The first-order valence-corrected chi connectivity index (χ1v) is 2.26. The van der Waals surface area contributed by atoms with Crippen LogP contribution in [0.1, 0.15) is 5.56 Å². The molecule has 0 bridgehead atoms. The zero-order valence-electron chi connectivity index (χ0n) is 6.09. The molecule has 1 radical (unpaired) electrons. The van der Waals surface area contributed by atoms with E-state index >= 15 is 0 Å². The van der Waals surface area contributed by atoms with Crippen LogP contribution in [0, 0.1) is 6.92 Å². The molecule has 0 unspecified atom stereocenters. The molecule has 0 atom stereocenters. The maximum atomic E-state index is 3.72. The number of benzene rings is 1. The fourth-order valence-electron chi connectivity index (χ4n) is 0.478. The van der Waals surface area contributed by atoms with Gasteiger partial charge in [0.15, 0.2) is 0 Å². The van der Waals surface area contributed by atoms with Crippen molar-refractivity contribution in [2.24, 2.45) is 0 Å². The minimum absolute atomic E-state index is 0. The Morgan fingerprint density at radius 2 is 1.44 bits per heavy atom. The smallest absolute Gasteiger partial charge is 0.199 e. The van der Waals surface area contributed by atoms with Gasteiger partial charge in [-0.2, -0.15) is 24.6 Å². The van der Waals surface area contributed by atoms with Gasteiger partial charge in [0.05, 0.1) is 0 Å². The summed E-state index contributed by atoms with van der Waals surface area (Å²) in [5.41, 5.74) is 1.07. The minimum atomic E-state index is 0. The first-order valence-electron chi connectivity index (χ1n) is 2.26. The third-order valence-electron chi connectivity index (χ3n) is 0.843. The molecule has 0 aromatic heterocycles. The number of hydrogen-bond acceptors (Lipinski definition) is 0. The van der Waals surface area contributed by atoms with E-state index in [0.717, 1.165) is 5.56 Å². The van der Waals surface area contributed by atoms with Crippen molar-refractivity contribution < 1.29 is 29.6 Å². The molecular weight excluding hydrogens is 130 g/mol. The van der Waals surface area contributed by atoms with Crippen LogP contribution >= 0.6 is 0 Å². The quantitative estimate of drug-likeness (QED) is 0.301. The summed E-state index contributed by atoms with van der Waals surface area (Å²) in [6, 6.07) is 9.87. The zero-order chi connectivity index (χ0) is 5.11. The maximum Gasteiger partial charge on any atom is 1.00 e. The minimum Gasteiger partial charge on any atom is -0.199 e. The maximum absolute atomic E-state index is 3.72. The van der Waals surface area contributed by atoms with E-state index in [0.29, 0.717) is 0 Å². The van der Waals surface area contributed by atoms with E-state index in [-0.39, 0.29) is 59.1 Å². The van der Waals surface area contributed by atoms with Gasteiger partial charge in [0.2, 0.25) is 0 Å². The van der Waals surface area contributed by atoms with Crippen molar-refractivity contribution in [3.8, 4) is 0 Å². The van der Waals surface area contributed by atoms with Gasteiger partial charge >= 0.3 is 29.6 Å². The predicted octanol–water partition coefficient (Wildman–Crippen LogP) is -1.51. The van der Waals surface area contributed by atoms with E-state index in [4.69, 9.17) is 0 Å². The molecule has 0 aliphatic rings. The van der Waals surface area contributed by atoms with Gasteiger partial charge in [-0.15, -0.1) is 12.1 Å². The summed E-state index contributed by atoms with van der Waals surface area (Å²) < 4.78 is 0. The second-order valence-electron chi connectivity index (χ2n) is 1.49. The molecule has 0 aliphatic carbocycles. The van der Waals surface area contributed by atoms with Crippen LogP contribution < -0.4 is 29.6 Å². The Balaban J connectivity index is 0. The van der Waals surface area contributed by atoms with Crippen LogP contribution in [-0.2, 0) is 0 Å². The van der Waals surface area contributed by atoms with Crippen LogP contribution in [0.25, 0.3) is 0 Å². The largest absolute Gasteiger partial charge is 1.00 e. The van der Waals surface area contributed by atoms with Gasteiger partial charge in [0.25, 0.3) is 0 Å². The average molecular weight is 137 g/mol. The fourth-order valence-corrected chi connectivity index (χ4v) is 0.478. The molecule has 0 saturated carbocycles. The predicted molar refractivity (Wildman–Crippen MR) is 36.7 cm³/mol. The van der Waals surface area contributed by atoms with Crippen molar-refractivity contribution in [1.82, 2.24) is 0 Å². The first kappa shape index (κ1) is 12.7. The molecule has 0 heterocycles. The molecule has 1 aromatic rings. The Morgan fingerprint density at radius 1 is 1.00 bits per heavy atom. The van der Waals surface area contributed by atoms with Crippen molar-refractivity contribution in [1.29, 1.82) is 0 Å². The second kappa shape index (κ2) is 7.20. The summed E-state index contributed by atoms with van der Waals surface area (Å²) in [5.74, 6) is 0. The molecule has 0 amide bonds. The monoisotopic (exact) mass is 137 g/mol. The van der Waals surface area contributed by atoms with Crippen molar-refractivity contribution in [2.45, 2.75) is 0 Å². The van der Waals surface area contributed by atoms with Crippen molar-refractivity contribution in [2.75, 3.05) is 0 Å². The zero-order valence-corrected chi connectivity index (χ0v) is 10.1. The van der Waals surface area contributed by atoms with Crippen LogP contribution in [0.4, 0.5) is 0 Å². The molecule has 0 spiro atoms. The van der Waals surface area contributed by atoms with Gasteiger partial charge in [0, 0.05) is 29.6 Å². The summed E-state index contributed by atoms with van der Waals surface area (Å²) in [5, 5.41) is 0. The standard InChI is InChI=1S/C7H7.2Na/c1-7-5-3-2-4-6-7;;/h2-6H,1H2;;/q-1;;+1. The molecule has 0 aliphatic heterocycles. The third-order valence-corrected chi connectivity index (χ3v) is 0.843. The molecule has 1 aromatic carbocycles. The summed E-state index contributed by atoms with van der Waals surface area (Å²) in [7, 11) is 0. The summed E-state index contributed by atoms with van der Waals surface area (Å²) in [6.07, 6.45) is 0. The van der Waals surface area contributed by atoms with Gasteiger partial charge in [-0.1, -0.05) is 6.07 Å². The van der Waals surface area contributed by atoms with Gasteiger partial charge in [-0.05, 0) is 0 Å². The van der Waals surface area contributed by atoms with Crippen LogP contribution in [0.3, 0.4) is 0 Å². The molecule has 1 rings (SSSR count). The van der Waals surface area contributed by atoms with Crippen LogP contribution in [0.15, 0.2) is 30.3 Å². The summed E-state index contributed by atoms with van der Waals surface area (Å²) >= 11 is 0. The van der Waals surface area contributed by atoms with Crippen molar-refractivity contribution in [3.05, 3.63) is 42.8 Å². The Morgan fingerprint density at radius 3 is 1.67 bits per heavy atom. The average Bonchev–Trinajstić information content (AvgIpc) is 1.69. The number of hydrogen-bond donors (Lipinski definition) is 0. The van der Waals surface area contributed by atoms with E-state index < -0.39 is 0 Å². The molecule has 0 N–H and O–H groups in total. The van der Waals surface area contributed by atoms with E-state index in [2.05, 4.69) is 6.92 Å². The molecule has 2 heteroatoms. The topological polar surface area (TPSA) is 0 Å². The Kier molecular flexibility index (Phi) is 10.2. The summed E-state index contributed by atoms with van der Waals surface area (Å²) in [4.78, 5) is 0. The van der Waals surface area contributed by atoms with Crippen LogP contribution in [0.5, 0.6) is 0 Å². The van der Waals surface area contributed by atoms with Gasteiger partial charge in [-0.3, -0.25) is 0 Å². The molecule has 9 heavy (non-hydrogen) atoms. The Hall–Kier alpha value is 1.09. The molecular formula is C7H7Na2. The molecule has 0 nitrogen and oxygen atoms in total. The fraction of sp³-hybridized carbons (Fsp3) is 0. The van der Waals surface area contributed by atoms with E-state index in [9.17, 15) is 0 Å². The third kappa shape index (κ3) is 5.53. The molecule has 0 saturated heterocycles. The van der Waals surface area contributed by atoms with Crippen molar-refractivity contribution >= 4 is 29.6 Å².